The Balaban J connectivity index is 1.94. The molecular weight excluding hydrogens is 260 g/mol. The zero-order valence-corrected chi connectivity index (χ0v) is 12.2. The van der Waals surface area contributed by atoms with E-state index in [4.69, 9.17) is 9.84 Å². The minimum Gasteiger partial charge on any atom is -0.481 e. The first-order valence-electron chi connectivity index (χ1n) is 7.36. The monoisotopic (exact) mass is 284 g/mol. The van der Waals surface area contributed by atoms with Gasteiger partial charge in [0.2, 0.25) is 0 Å². The van der Waals surface area contributed by atoms with Crippen LogP contribution in [0.1, 0.15) is 33.1 Å². The molecule has 2 amide bonds. The molecule has 6 heteroatoms. The van der Waals surface area contributed by atoms with Gasteiger partial charge in [-0.3, -0.25) is 4.79 Å². The minimum atomic E-state index is -0.884. The van der Waals surface area contributed by atoms with E-state index >= 15 is 0 Å². The molecule has 1 saturated carbocycles. The highest BCUT2D eigenvalue weighted by molar-refractivity contribution is 5.75. The number of amides is 2. The molecule has 1 saturated heterocycles. The average Bonchev–Trinajstić information content (AvgIpc) is 3.18. The van der Waals surface area contributed by atoms with Gasteiger partial charge in [0.1, 0.15) is 0 Å². The van der Waals surface area contributed by atoms with E-state index in [1.54, 1.807) is 4.90 Å². The Morgan fingerprint density at radius 3 is 2.65 bits per heavy atom. The Morgan fingerprint density at radius 2 is 2.10 bits per heavy atom. The highest BCUT2D eigenvalue weighted by Crippen LogP contribution is 2.29. The number of carboxylic acid groups (broad SMARTS) is 1. The SMILES string of the molecule is CC(C)CN(C(=O)N1CCOC(CC(=O)O)C1)C1CC1. The van der Waals surface area contributed by atoms with Crippen molar-refractivity contribution >= 4 is 12.0 Å². The van der Waals surface area contributed by atoms with Crippen molar-refractivity contribution in [3.63, 3.8) is 0 Å². The van der Waals surface area contributed by atoms with Crippen LogP contribution in [-0.2, 0) is 9.53 Å². The zero-order chi connectivity index (χ0) is 14.7. The highest BCUT2D eigenvalue weighted by atomic mass is 16.5. The first-order valence-corrected chi connectivity index (χ1v) is 7.36. The number of carboxylic acids is 1. The van der Waals surface area contributed by atoms with Crippen molar-refractivity contribution in [3.8, 4) is 0 Å². The number of ether oxygens (including phenoxy) is 1. The predicted octanol–water partition coefficient (Wildman–Crippen LogP) is 1.40. The fourth-order valence-corrected chi connectivity index (χ4v) is 2.56. The molecule has 1 N–H and O–H groups in total. The lowest BCUT2D eigenvalue weighted by molar-refractivity contribution is -0.141. The van der Waals surface area contributed by atoms with E-state index < -0.39 is 5.97 Å². The summed E-state index contributed by atoms with van der Waals surface area (Å²) in [4.78, 5) is 27.0. The second-order valence-electron chi connectivity index (χ2n) is 6.10. The minimum absolute atomic E-state index is 0.0416. The van der Waals surface area contributed by atoms with Crippen LogP contribution in [0.15, 0.2) is 0 Å². The van der Waals surface area contributed by atoms with Crippen molar-refractivity contribution in [2.24, 2.45) is 5.92 Å². The van der Waals surface area contributed by atoms with E-state index in [1.807, 2.05) is 4.90 Å². The third-order valence-corrected chi connectivity index (χ3v) is 3.61. The van der Waals surface area contributed by atoms with Crippen molar-refractivity contribution in [2.75, 3.05) is 26.2 Å². The molecule has 0 spiro atoms. The molecule has 1 atom stereocenters. The molecule has 0 radical (unpaired) electrons. The summed E-state index contributed by atoms with van der Waals surface area (Å²) >= 11 is 0. The molecule has 20 heavy (non-hydrogen) atoms. The van der Waals surface area contributed by atoms with Gasteiger partial charge in [0, 0.05) is 25.7 Å². The maximum Gasteiger partial charge on any atom is 0.320 e. The maximum absolute atomic E-state index is 12.6. The van der Waals surface area contributed by atoms with E-state index in [0.717, 1.165) is 19.4 Å². The van der Waals surface area contributed by atoms with Gasteiger partial charge in [0.25, 0.3) is 0 Å². The standard InChI is InChI=1S/C14H24N2O4/c1-10(2)8-16(11-3-4-11)14(19)15-5-6-20-12(9-15)7-13(17)18/h10-12H,3-9H2,1-2H3,(H,17,18). The van der Waals surface area contributed by atoms with Crippen molar-refractivity contribution in [1.29, 1.82) is 0 Å². The summed E-state index contributed by atoms with van der Waals surface area (Å²) in [5.41, 5.74) is 0. The lowest BCUT2D eigenvalue weighted by Crippen LogP contribution is -2.52. The number of aliphatic carboxylic acids is 1. The molecule has 0 aromatic carbocycles. The molecule has 1 heterocycles. The van der Waals surface area contributed by atoms with Gasteiger partial charge in [0.05, 0.1) is 19.1 Å². The molecule has 0 aromatic rings. The molecule has 2 aliphatic rings. The summed E-state index contributed by atoms with van der Waals surface area (Å²) in [6.07, 6.45) is 1.74. The van der Waals surface area contributed by atoms with Crippen LogP contribution in [0, 0.1) is 5.92 Å². The smallest absolute Gasteiger partial charge is 0.320 e. The summed E-state index contributed by atoms with van der Waals surface area (Å²) in [5.74, 6) is -0.444. The number of rotatable bonds is 5. The fourth-order valence-electron chi connectivity index (χ4n) is 2.56. The van der Waals surface area contributed by atoms with E-state index in [1.165, 1.54) is 0 Å². The number of hydrogen-bond acceptors (Lipinski definition) is 3. The van der Waals surface area contributed by atoms with Crippen molar-refractivity contribution in [2.45, 2.75) is 45.3 Å². The van der Waals surface area contributed by atoms with Gasteiger partial charge in [-0.15, -0.1) is 0 Å². The molecule has 2 rings (SSSR count). The Bertz CT molecular complexity index is 368. The van der Waals surface area contributed by atoms with Crippen LogP contribution in [0.2, 0.25) is 0 Å². The molecule has 6 nitrogen and oxygen atoms in total. The topological polar surface area (TPSA) is 70.1 Å². The van der Waals surface area contributed by atoms with Crippen molar-refractivity contribution in [3.05, 3.63) is 0 Å². The van der Waals surface area contributed by atoms with E-state index in [2.05, 4.69) is 13.8 Å². The lowest BCUT2D eigenvalue weighted by Gasteiger charge is -2.36. The number of urea groups is 1. The van der Waals surface area contributed by atoms with Crippen LogP contribution in [0.4, 0.5) is 4.79 Å². The van der Waals surface area contributed by atoms with Gasteiger partial charge >= 0.3 is 12.0 Å². The van der Waals surface area contributed by atoms with Gasteiger partial charge in [-0.05, 0) is 18.8 Å². The number of morpholine rings is 1. The molecule has 114 valence electrons. The van der Waals surface area contributed by atoms with Gasteiger partial charge in [0.15, 0.2) is 0 Å². The first-order chi connectivity index (χ1) is 9.47. The fraction of sp³-hybridized carbons (Fsp3) is 0.857. The summed E-state index contributed by atoms with van der Waals surface area (Å²) in [5, 5.41) is 8.82. The summed E-state index contributed by atoms with van der Waals surface area (Å²) < 4.78 is 5.41. The quantitative estimate of drug-likeness (QED) is 0.828. The van der Waals surface area contributed by atoms with Crippen LogP contribution < -0.4 is 0 Å². The summed E-state index contributed by atoms with van der Waals surface area (Å²) in [7, 11) is 0. The van der Waals surface area contributed by atoms with Crippen LogP contribution in [0.25, 0.3) is 0 Å². The van der Waals surface area contributed by atoms with Crippen LogP contribution in [-0.4, -0.2) is 65.3 Å². The Kier molecular flexibility index (Phi) is 4.86. The van der Waals surface area contributed by atoms with Crippen LogP contribution in [0.5, 0.6) is 0 Å². The van der Waals surface area contributed by atoms with E-state index in [0.29, 0.717) is 31.7 Å². The normalized spacial score (nSPS) is 22.9. The molecule has 2 fully saturated rings. The molecule has 1 unspecified atom stereocenters. The van der Waals surface area contributed by atoms with E-state index in [-0.39, 0.29) is 18.6 Å². The summed E-state index contributed by atoms with van der Waals surface area (Å²) in [6, 6.07) is 0.422. The highest BCUT2D eigenvalue weighted by Gasteiger charge is 2.36. The van der Waals surface area contributed by atoms with Crippen molar-refractivity contribution < 1.29 is 19.4 Å². The number of hydrogen-bond donors (Lipinski definition) is 1. The number of carbonyl (C=O) groups excluding carboxylic acids is 1. The number of nitrogens with zero attached hydrogens (tertiary/aromatic N) is 2. The predicted molar refractivity (Wildman–Crippen MR) is 73.5 cm³/mol. The third kappa shape index (κ3) is 4.10. The van der Waals surface area contributed by atoms with Gasteiger partial charge in [-0.25, -0.2) is 4.79 Å². The molecule has 0 bridgehead atoms. The maximum atomic E-state index is 12.6. The van der Waals surface area contributed by atoms with Crippen LogP contribution in [0.3, 0.4) is 0 Å². The second kappa shape index (κ2) is 6.43. The largest absolute Gasteiger partial charge is 0.481 e. The van der Waals surface area contributed by atoms with Gasteiger partial charge < -0.3 is 19.6 Å². The lowest BCUT2D eigenvalue weighted by atomic mass is 10.2. The average molecular weight is 284 g/mol. The molecule has 0 aromatic heterocycles. The first kappa shape index (κ1) is 15.1. The zero-order valence-electron chi connectivity index (χ0n) is 12.2. The third-order valence-electron chi connectivity index (χ3n) is 3.61. The second-order valence-corrected chi connectivity index (χ2v) is 6.10. The Morgan fingerprint density at radius 1 is 1.40 bits per heavy atom. The molecular formula is C14H24N2O4. The van der Waals surface area contributed by atoms with E-state index in [9.17, 15) is 9.59 Å². The Hall–Kier alpha value is -1.30. The Labute approximate surface area is 119 Å². The molecule has 1 aliphatic carbocycles. The van der Waals surface area contributed by atoms with Crippen LogP contribution >= 0.6 is 0 Å². The van der Waals surface area contributed by atoms with Crippen molar-refractivity contribution in [1.82, 2.24) is 9.80 Å². The van der Waals surface area contributed by atoms with Gasteiger partial charge in [-0.2, -0.15) is 0 Å². The summed E-state index contributed by atoms with van der Waals surface area (Å²) in [6.45, 7) is 6.33. The molecule has 1 aliphatic heterocycles. The van der Waals surface area contributed by atoms with Gasteiger partial charge in [-0.1, -0.05) is 13.8 Å². The number of carbonyl (C=O) groups is 2.